The van der Waals surface area contributed by atoms with Crippen LogP contribution < -0.4 is 14.8 Å². The lowest BCUT2D eigenvalue weighted by molar-refractivity contribution is -0.109. The van der Waals surface area contributed by atoms with Gasteiger partial charge in [0.05, 0.1) is 26.2 Å². The number of carbonyl (C=O) groups is 1. The first-order valence-electron chi connectivity index (χ1n) is 10.0. The third-order valence-corrected chi connectivity index (χ3v) is 5.51. The number of nitrogens with zero attached hydrogens (tertiary/aromatic N) is 2. The van der Waals surface area contributed by atoms with Crippen molar-refractivity contribution in [1.29, 1.82) is 0 Å². The number of hydrogen-bond donors (Lipinski definition) is 1. The SMILES string of the molecule is COc1cc(NC(c2cccnc2)C(C=O)c2cn(C)c3ccccc23)cc(OC)c1. The van der Waals surface area contributed by atoms with Gasteiger partial charge in [0.2, 0.25) is 0 Å². The van der Waals surface area contributed by atoms with Gasteiger partial charge >= 0.3 is 0 Å². The maximum atomic E-state index is 12.5. The Labute approximate surface area is 181 Å². The molecule has 0 spiro atoms. The first-order chi connectivity index (χ1) is 15.1. The number of methoxy groups -OCH3 is 2. The van der Waals surface area contributed by atoms with E-state index in [1.54, 1.807) is 26.6 Å². The van der Waals surface area contributed by atoms with Gasteiger partial charge < -0.3 is 24.2 Å². The average molecular weight is 415 g/mol. The fraction of sp³-hybridized carbons (Fsp3) is 0.200. The number of ether oxygens (including phenoxy) is 2. The molecule has 0 fully saturated rings. The van der Waals surface area contributed by atoms with E-state index in [2.05, 4.69) is 27.0 Å². The fourth-order valence-electron chi connectivity index (χ4n) is 3.98. The summed E-state index contributed by atoms with van der Waals surface area (Å²) in [6.07, 6.45) is 6.55. The van der Waals surface area contributed by atoms with Crippen LogP contribution in [0.4, 0.5) is 5.69 Å². The van der Waals surface area contributed by atoms with E-state index in [4.69, 9.17) is 9.47 Å². The van der Waals surface area contributed by atoms with Gasteiger partial charge in [0.25, 0.3) is 0 Å². The molecule has 0 saturated carbocycles. The number of nitrogens with one attached hydrogen (secondary N) is 1. The molecule has 0 saturated heterocycles. The predicted octanol–water partition coefficient (Wildman–Crippen LogP) is 4.73. The van der Waals surface area contributed by atoms with Gasteiger partial charge in [-0.25, -0.2) is 0 Å². The first kappa shape index (κ1) is 20.5. The zero-order valence-electron chi connectivity index (χ0n) is 17.8. The lowest BCUT2D eigenvalue weighted by Gasteiger charge is -2.26. The van der Waals surface area contributed by atoms with Crippen LogP contribution in [0.1, 0.15) is 23.1 Å². The van der Waals surface area contributed by atoms with Crippen LogP contribution in [-0.2, 0) is 11.8 Å². The summed E-state index contributed by atoms with van der Waals surface area (Å²) in [4.78, 5) is 16.8. The van der Waals surface area contributed by atoms with E-state index in [0.717, 1.165) is 34.0 Å². The normalized spacial score (nSPS) is 12.9. The van der Waals surface area contributed by atoms with Crippen molar-refractivity contribution in [3.63, 3.8) is 0 Å². The number of para-hydroxylation sites is 1. The minimum Gasteiger partial charge on any atom is -0.497 e. The van der Waals surface area contributed by atoms with Crippen LogP contribution in [-0.4, -0.2) is 30.1 Å². The van der Waals surface area contributed by atoms with Gasteiger partial charge in [0, 0.05) is 60.4 Å². The van der Waals surface area contributed by atoms with Crippen molar-refractivity contribution in [2.75, 3.05) is 19.5 Å². The second kappa shape index (κ2) is 8.92. The summed E-state index contributed by atoms with van der Waals surface area (Å²) in [5.41, 5.74) is 3.74. The molecule has 2 heterocycles. The minimum absolute atomic E-state index is 0.339. The first-order valence-corrected chi connectivity index (χ1v) is 10.0. The number of aromatic nitrogens is 2. The molecule has 2 atom stereocenters. The van der Waals surface area contributed by atoms with E-state index in [1.165, 1.54) is 0 Å². The lowest BCUT2D eigenvalue weighted by Crippen LogP contribution is -2.21. The summed E-state index contributed by atoms with van der Waals surface area (Å²) < 4.78 is 12.9. The van der Waals surface area contributed by atoms with Crippen molar-refractivity contribution < 1.29 is 14.3 Å². The zero-order chi connectivity index (χ0) is 21.8. The third kappa shape index (κ3) is 4.10. The second-order valence-electron chi connectivity index (χ2n) is 7.38. The molecular weight excluding hydrogens is 390 g/mol. The predicted molar refractivity (Wildman–Crippen MR) is 122 cm³/mol. The number of carbonyl (C=O) groups excluding carboxylic acids is 1. The van der Waals surface area contributed by atoms with Crippen LogP contribution in [0.3, 0.4) is 0 Å². The molecule has 6 heteroatoms. The highest BCUT2D eigenvalue weighted by molar-refractivity contribution is 5.88. The lowest BCUT2D eigenvalue weighted by atomic mass is 9.88. The van der Waals surface area contributed by atoms with Gasteiger partial charge in [0.1, 0.15) is 17.8 Å². The summed E-state index contributed by atoms with van der Waals surface area (Å²) in [5.74, 6) is 0.895. The molecule has 31 heavy (non-hydrogen) atoms. The van der Waals surface area contributed by atoms with Gasteiger partial charge in [-0.15, -0.1) is 0 Å². The quantitative estimate of drug-likeness (QED) is 0.422. The summed E-state index contributed by atoms with van der Waals surface area (Å²) in [7, 11) is 5.22. The van der Waals surface area contributed by atoms with Crippen LogP contribution in [0, 0.1) is 0 Å². The molecule has 0 bridgehead atoms. The Balaban J connectivity index is 1.82. The summed E-state index contributed by atoms with van der Waals surface area (Å²) >= 11 is 0. The van der Waals surface area contributed by atoms with E-state index in [-0.39, 0.29) is 6.04 Å². The molecular formula is C25H25N3O3. The molecule has 4 rings (SSSR count). The molecule has 2 aromatic heterocycles. The highest BCUT2D eigenvalue weighted by Crippen LogP contribution is 2.38. The van der Waals surface area contributed by atoms with Crippen molar-refractivity contribution in [2.45, 2.75) is 12.0 Å². The molecule has 0 aliphatic rings. The molecule has 0 amide bonds. The Morgan fingerprint density at radius 1 is 1.03 bits per heavy atom. The van der Waals surface area contributed by atoms with Crippen LogP contribution in [0.15, 0.2) is 73.2 Å². The molecule has 0 radical (unpaired) electrons. The van der Waals surface area contributed by atoms with Gasteiger partial charge in [-0.1, -0.05) is 24.3 Å². The summed E-state index contributed by atoms with van der Waals surface area (Å²) in [5, 5.41) is 4.58. The fourth-order valence-corrected chi connectivity index (χ4v) is 3.98. The van der Waals surface area contributed by atoms with Gasteiger partial charge in [0.15, 0.2) is 0 Å². The Kier molecular flexibility index (Phi) is 5.89. The molecule has 0 aliphatic carbocycles. The van der Waals surface area contributed by atoms with Crippen molar-refractivity contribution in [1.82, 2.24) is 9.55 Å². The van der Waals surface area contributed by atoms with Crippen LogP contribution in [0.5, 0.6) is 11.5 Å². The summed E-state index contributed by atoms with van der Waals surface area (Å²) in [6.45, 7) is 0. The van der Waals surface area contributed by atoms with Crippen molar-refractivity contribution in [3.8, 4) is 11.5 Å². The zero-order valence-corrected chi connectivity index (χ0v) is 17.8. The molecule has 1 N–H and O–H groups in total. The number of fused-ring (bicyclic) bond motifs is 1. The molecule has 6 nitrogen and oxygen atoms in total. The van der Waals surface area contributed by atoms with Crippen molar-refractivity contribution in [3.05, 3.63) is 84.3 Å². The van der Waals surface area contributed by atoms with E-state index < -0.39 is 5.92 Å². The Hall–Kier alpha value is -3.80. The van der Waals surface area contributed by atoms with E-state index in [9.17, 15) is 4.79 Å². The number of anilines is 1. The molecule has 2 aromatic carbocycles. The molecule has 2 unspecified atom stereocenters. The second-order valence-corrected chi connectivity index (χ2v) is 7.38. The number of hydrogen-bond acceptors (Lipinski definition) is 5. The minimum atomic E-state index is -0.438. The number of pyridine rings is 1. The van der Waals surface area contributed by atoms with Crippen molar-refractivity contribution >= 4 is 22.9 Å². The highest BCUT2D eigenvalue weighted by atomic mass is 16.5. The topological polar surface area (TPSA) is 65.4 Å². The standard InChI is InChI=1S/C25H25N3O3/c1-28-15-22(21-8-4-5-9-24(21)28)23(16-29)25(17-7-6-10-26-14-17)27-18-11-19(30-2)13-20(12-18)31-3/h4-16,23,25,27H,1-3H3. The monoisotopic (exact) mass is 415 g/mol. The largest absolute Gasteiger partial charge is 0.497 e. The van der Waals surface area contributed by atoms with E-state index >= 15 is 0 Å². The summed E-state index contributed by atoms with van der Waals surface area (Å²) in [6, 6.07) is 17.2. The maximum Gasteiger partial charge on any atom is 0.129 e. The van der Waals surface area contributed by atoms with E-state index in [1.807, 2.05) is 55.7 Å². The van der Waals surface area contributed by atoms with Gasteiger partial charge in [-0.2, -0.15) is 0 Å². The highest BCUT2D eigenvalue weighted by Gasteiger charge is 2.28. The Morgan fingerprint density at radius 3 is 2.42 bits per heavy atom. The molecule has 0 aliphatic heterocycles. The van der Waals surface area contributed by atoms with Crippen molar-refractivity contribution in [2.24, 2.45) is 7.05 Å². The third-order valence-electron chi connectivity index (χ3n) is 5.51. The van der Waals surface area contributed by atoms with Crippen LogP contribution in [0.25, 0.3) is 10.9 Å². The molecule has 158 valence electrons. The van der Waals surface area contributed by atoms with Crippen LogP contribution in [0.2, 0.25) is 0 Å². The average Bonchev–Trinajstić information content (AvgIpc) is 3.15. The Morgan fingerprint density at radius 2 is 1.77 bits per heavy atom. The van der Waals surface area contributed by atoms with Gasteiger partial charge in [-0.3, -0.25) is 4.98 Å². The number of rotatable bonds is 8. The number of aryl methyl sites for hydroxylation is 1. The van der Waals surface area contributed by atoms with Crippen LogP contribution >= 0.6 is 0 Å². The number of benzene rings is 2. The van der Waals surface area contributed by atoms with E-state index in [0.29, 0.717) is 11.5 Å². The van der Waals surface area contributed by atoms with Gasteiger partial charge in [-0.05, 0) is 23.3 Å². The smallest absolute Gasteiger partial charge is 0.129 e. The Bertz CT molecular complexity index is 1170. The number of aldehydes is 1. The molecule has 4 aromatic rings. The maximum absolute atomic E-state index is 12.5.